The third-order valence-electron chi connectivity index (χ3n) is 4.13. The minimum atomic E-state index is -0.191. The summed E-state index contributed by atoms with van der Waals surface area (Å²) in [6, 6.07) is 0. The van der Waals surface area contributed by atoms with Gasteiger partial charge in [-0.25, -0.2) is 0 Å². The van der Waals surface area contributed by atoms with Crippen LogP contribution in [0.2, 0.25) is 0 Å². The van der Waals surface area contributed by atoms with E-state index in [-0.39, 0.29) is 11.5 Å². The predicted octanol–water partition coefficient (Wildman–Crippen LogP) is 2.83. The summed E-state index contributed by atoms with van der Waals surface area (Å²) in [5, 5.41) is 10.3. The third kappa shape index (κ3) is 5.02. The van der Waals surface area contributed by atoms with E-state index in [0.717, 1.165) is 19.4 Å². The van der Waals surface area contributed by atoms with Crippen LogP contribution in [0.5, 0.6) is 0 Å². The first kappa shape index (κ1) is 14.4. The van der Waals surface area contributed by atoms with E-state index in [1.165, 1.54) is 25.7 Å². The van der Waals surface area contributed by atoms with Crippen LogP contribution in [0.1, 0.15) is 52.4 Å². The summed E-state index contributed by atoms with van der Waals surface area (Å²) >= 11 is 0. The summed E-state index contributed by atoms with van der Waals surface area (Å²) in [6.45, 7) is 5.55. The highest BCUT2D eigenvalue weighted by atomic mass is 16.6. The number of unbranched alkanes of at least 4 members (excludes halogenated alkanes) is 2. The lowest BCUT2D eigenvalue weighted by molar-refractivity contribution is -0.481. The van der Waals surface area contributed by atoms with Gasteiger partial charge in [0.1, 0.15) is 0 Å². The van der Waals surface area contributed by atoms with Gasteiger partial charge in [-0.05, 0) is 43.1 Å². The van der Waals surface area contributed by atoms with Crippen molar-refractivity contribution >= 4 is 0 Å². The van der Waals surface area contributed by atoms with E-state index < -0.39 is 0 Å². The number of nitro groups is 1. The first-order valence-corrected chi connectivity index (χ1v) is 6.79. The molecule has 4 heteroatoms. The van der Waals surface area contributed by atoms with Crippen LogP contribution in [0.25, 0.3) is 0 Å². The number of nitrogens with zero attached hydrogens (tertiary/aromatic N) is 1. The van der Waals surface area contributed by atoms with Crippen LogP contribution < -0.4 is 5.73 Å². The van der Waals surface area contributed by atoms with Crippen molar-refractivity contribution in [3.63, 3.8) is 0 Å². The van der Waals surface area contributed by atoms with Crippen molar-refractivity contribution in [1.29, 1.82) is 0 Å². The molecule has 2 N–H and O–H groups in total. The highest BCUT2D eigenvalue weighted by Gasteiger charge is 2.46. The Bertz CT molecular complexity index is 254. The molecule has 0 heterocycles. The van der Waals surface area contributed by atoms with Gasteiger partial charge in [0.05, 0.1) is 0 Å². The van der Waals surface area contributed by atoms with Crippen molar-refractivity contribution < 1.29 is 4.92 Å². The monoisotopic (exact) mass is 242 g/mol. The van der Waals surface area contributed by atoms with Crippen molar-refractivity contribution in [2.24, 2.45) is 23.0 Å². The molecule has 4 nitrogen and oxygen atoms in total. The Morgan fingerprint density at radius 1 is 1.35 bits per heavy atom. The van der Waals surface area contributed by atoms with Crippen LogP contribution in [0.15, 0.2) is 0 Å². The van der Waals surface area contributed by atoms with Gasteiger partial charge in [0.25, 0.3) is 0 Å². The molecule has 0 amide bonds. The molecule has 1 aliphatic carbocycles. The zero-order chi connectivity index (χ0) is 12.9. The van der Waals surface area contributed by atoms with Gasteiger partial charge >= 0.3 is 0 Å². The number of hydrogen-bond acceptors (Lipinski definition) is 3. The van der Waals surface area contributed by atoms with Crippen molar-refractivity contribution in [2.45, 2.75) is 52.4 Å². The number of hydrogen-bond donors (Lipinski definition) is 1. The first-order chi connectivity index (χ1) is 7.97. The summed E-state index contributed by atoms with van der Waals surface area (Å²) in [5.41, 5.74) is 5.83. The van der Waals surface area contributed by atoms with Crippen LogP contribution in [-0.4, -0.2) is 18.0 Å². The van der Waals surface area contributed by atoms with E-state index in [4.69, 9.17) is 5.73 Å². The van der Waals surface area contributed by atoms with Crippen LogP contribution in [0.4, 0.5) is 0 Å². The van der Waals surface area contributed by atoms with E-state index in [1.807, 2.05) is 0 Å². The average Bonchev–Trinajstić information content (AvgIpc) is 3.02. The SMILES string of the molecule is CC(C)(CCCCCN)[C@@H]1CC1CC[N+](=O)[O-]. The molecule has 2 atom stereocenters. The summed E-state index contributed by atoms with van der Waals surface area (Å²) in [4.78, 5) is 10.1. The molecule has 0 saturated heterocycles. The molecule has 1 unspecified atom stereocenters. The zero-order valence-electron chi connectivity index (χ0n) is 11.2. The second-order valence-electron chi connectivity index (χ2n) is 6.04. The van der Waals surface area contributed by atoms with Gasteiger partial charge in [0, 0.05) is 11.3 Å². The van der Waals surface area contributed by atoms with E-state index >= 15 is 0 Å². The molecule has 0 aromatic carbocycles. The lowest BCUT2D eigenvalue weighted by Gasteiger charge is -2.25. The molecule has 0 aliphatic heterocycles. The highest BCUT2D eigenvalue weighted by molar-refractivity contribution is 4.95. The van der Waals surface area contributed by atoms with Crippen LogP contribution >= 0.6 is 0 Å². The van der Waals surface area contributed by atoms with Crippen LogP contribution in [-0.2, 0) is 0 Å². The maximum absolute atomic E-state index is 10.3. The Balaban J connectivity index is 2.18. The third-order valence-corrected chi connectivity index (χ3v) is 4.13. The fourth-order valence-corrected chi connectivity index (χ4v) is 2.88. The van der Waals surface area contributed by atoms with Gasteiger partial charge in [-0.1, -0.05) is 26.7 Å². The molecule has 0 spiro atoms. The Kier molecular flexibility index (Phi) is 5.37. The minimum Gasteiger partial charge on any atom is -0.330 e. The molecule has 1 aliphatic rings. The fourth-order valence-electron chi connectivity index (χ4n) is 2.88. The average molecular weight is 242 g/mol. The summed E-state index contributed by atoms with van der Waals surface area (Å²) in [7, 11) is 0. The van der Waals surface area contributed by atoms with Crippen molar-refractivity contribution in [3.8, 4) is 0 Å². The lowest BCUT2D eigenvalue weighted by Crippen LogP contribution is -2.16. The van der Waals surface area contributed by atoms with Gasteiger partial charge in [-0.2, -0.15) is 0 Å². The summed E-state index contributed by atoms with van der Waals surface area (Å²) < 4.78 is 0. The van der Waals surface area contributed by atoms with Gasteiger partial charge < -0.3 is 5.73 Å². The molecule has 1 fully saturated rings. The quantitative estimate of drug-likeness (QED) is 0.384. The molecule has 0 aromatic rings. The molecule has 17 heavy (non-hydrogen) atoms. The van der Waals surface area contributed by atoms with Crippen molar-refractivity contribution in [3.05, 3.63) is 10.1 Å². The highest BCUT2D eigenvalue weighted by Crippen LogP contribution is 2.54. The zero-order valence-corrected chi connectivity index (χ0v) is 11.2. The largest absolute Gasteiger partial charge is 0.330 e. The van der Waals surface area contributed by atoms with Crippen LogP contribution in [0.3, 0.4) is 0 Å². The van der Waals surface area contributed by atoms with Gasteiger partial charge in [-0.3, -0.25) is 10.1 Å². The molecular formula is C13H26N2O2. The summed E-state index contributed by atoms with van der Waals surface area (Å²) in [6.07, 6.45) is 6.76. The molecule has 100 valence electrons. The Morgan fingerprint density at radius 2 is 2.06 bits per heavy atom. The van der Waals surface area contributed by atoms with E-state index in [0.29, 0.717) is 17.3 Å². The Labute approximate surface area is 104 Å². The second kappa shape index (κ2) is 6.34. The number of rotatable bonds is 9. The maximum atomic E-state index is 10.3. The minimum absolute atomic E-state index is 0.143. The standard InChI is InChI=1S/C13H26N2O2/c1-13(2,7-4-3-5-8-14)12-10-11(12)6-9-15(16)17/h11-12H,3-10,14H2,1-2H3/t11?,12-/m1/s1. The van der Waals surface area contributed by atoms with E-state index in [2.05, 4.69) is 13.8 Å². The van der Waals surface area contributed by atoms with E-state index in [9.17, 15) is 10.1 Å². The fraction of sp³-hybridized carbons (Fsp3) is 1.00. The molecule has 1 rings (SSSR count). The Hall–Kier alpha value is -0.640. The normalized spacial score (nSPS) is 23.7. The van der Waals surface area contributed by atoms with Crippen molar-refractivity contribution in [1.82, 2.24) is 0 Å². The van der Waals surface area contributed by atoms with Gasteiger partial charge in [0.15, 0.2) is 0 Å². The molecular weight excluding hydrogens is 216 g/mol. The van der Waals surface area contributed by atoms with E-state index in [1.54, 1.807) is 0 Å². The smallest absolute Gasteiger partial charge is 0.204 e. The predicted molar refractivity (Wildman–Crippen MR) is 69.4 cm³/mol. The second-order valence-corrected chi connectivity index (χ2v) is 6.04. The molecule has 0 aromatic heterocycles. The molecule has 1 saturated carbocycles. The lowest BCUT2D eigenvalue weighted by atomic mass is 9.80. The van der Waals surface area contributed by atoms with Gasteiger partial charge in [0.2, 0.25) is 6.54 Å². The number of nitrogens with two attached hydrogens (primary N) is 1. The van der Waals surface area contributed by atoms with Crippen molar-refractivity contribution in [2.75, 3.05) is 13.1 Å². The van der Waals surface area contributed by atoms with Crippen LogP contribution in [0, 0.1) is 27.4 Å². The topological polar surface area (TPSA) is 69.2 Å². The maximum Gasteiger partial charge on any atom is 0.204 e. The summed E-state index contributed by atoms with van der Waals surface area (Å²) in [5.74, 6) is 1.31. The molecule has 0 radical (unpaired) electrons. The Morgan fingerprint density at radius 3 is 2.65 bits per heavy atom. The van der Waals surface area contributed by atoms with Gasteiger partial charge in [-0.15, -0.1) is 0 Å². The molecule has 0 bridgehead atoms. The first-order valence-electron chi connectivity index (χ1n) is 6.79.